The summed E-state index contributed by atoms with van der Waals surface area (Å²) in [4.78, 5) is 24.7. The minimum Gasteiger partial charge on any atom is -0.493 e. The molecule has 0 unspecified atom stereocenters. The fourth-order valence-electron chi connectivity index (χ4n) is 2.36. The Balaban J connectivity index is 2.94. The van der Waals surface area contributed by atoms with E-state index >= 15 is 0 Å². The van der Waals surface area contributed by atoms with Crippen LogP contribution in [-0.2, 0) is 13.6 Å². The molecule has 0 bridgehead atoms. The molecule has 1 aromatic heterocycles. The van der Waals surface area contributed by atoms with Gasteiger partial charge in [0.1, 0.15) is 0 Å². The Kier molecular flexibility index (Phi) is 4.06. The quantitative estimate of drug-likeness (QED) is 0.854. The molecule has 0 amide bonds. The Bertz CT molecular complexity index is 787. The number of methoxy groups -OCH3 is 2. The number of hydrogen-bond donors (Lipinski definition) is 0. The lowest BCUT2D eigenvalue weighted by molar-refractivity contribution is 0.355. The van der Waals surface area contributed by atoms with Gasteiger partial charge in [-0.15, -0.1) is 0 Å². The molecule has 0 atom stereocenters. The Morgan fingerprint density at radius 2 is 1.67 bits per heavy atom. The molecule has 1 aromatic carbocycles. The molecule has 0 aliphatic rings. The van der Waals surface area contributed by atoms with Crippen molar-refractivity contribution in [3.05, 3.63) is 33.0 Å². The Hall–Kier alpha value is -2.24. The van der Waals surface area contributed by atoms with Crippen LogP contribution in [0.5, 0.6) is 11.5 Å². The first-order chi connectivity index (χ1) is 9.90. The zero-order valence-electron chi connectivity index (χ0n) is 13.0. The van der Waals surface area contributed by atoms with Crippen molar-refractivity contribution in [2.75, 3.05) is 14.2 Å². The molecular formula is C15H20N2O4. The van der Waals surface area contributed by atoms with Crippen molar-refractivity contribution in [2.45, 2.75) is 20.4 Å². The Morgan fingerprint density at radius 3 is 2.19 bits per heavy atom. The Labute approximate surface area is 122 Å². The molecule has 0 aliphatic heterocycles. The van der Waals surface area contributed by atoms with Crippen molar-refractivity contribution >= 4 is 10.9 Å². The lowest BCUT2D eigenvalue weighted by Gasteiger charge is -2.16. The van der Waals surface area contributed by atoms with Crippen LogP contribution in [0.1, 0.15) is 13.8 Å². The summed E-state index contributed by atoms with van der Waals surface area (Å²) in [6.45, 7) is 4.56. The maximum atomic E-state index is 12.3. The molecule has 2 aromatic rings. The normalized spacial score (nSPS) is 11.1. The number of benzene rings is 1. The lowest BCUT2D eigenvalue weighted by Crippen LogP contribution is -2.38. The summed E-state index contributed by atoms with van der Waals surface area (Å²) in [6.07, 6.45) is 0. The standard InChI is InChI=1S/C15H20N2O4/c1-9(2)8-17-11-7-13(21-5)12(20-4)6-10(11)14(18)16(3)15(17)19/h6-7,9H,8H2,1-5H3. The fourth-order valence-corrected chi connectivity index (χ4v) is 2.36. The molecule has 0 saturated carbocycles. The molecule has 114 valence electrons. The zero-order valence-corrected chi connectivity index (χ0v) is 13.0. The van der Waals surface area contributed by atoms with Crippen molar-refractivity contribution < 1.29 is 9.47 Å². The third-order valence-electron chi connectivity index (χ3n) is 3.39. The van der Waals surface area contributed by atoms with E-state index in [0.717, 1.165) is 4.57 Å². The van der Waals surface area contributed by atoms with E-state index in [1.807, 2.05) is 13.8 Å². The van der Waals surface area contributed by atoms with Crippen molar-refractivity contribution in [3.8, 4) is 11.5 Å². The largest absolute Gasteiger partial charge is 0.493 e. The number of aromatic nitrogens is 2. The third-order valence-corrected chi connectivity index (χ3v) is 3.39. The monoisotopic (exact) mass is 292 g/mol. The van der Waals surface area contributed by atoms with Crippen molar-refractivity contribution in [3.63, 3.8) is 0 Å². The van der Waals surface area contributed by atoms with Gasteiger partial charge >= 0.3 is 5.69 Å². The van der Waals surface area contributed by atoms with Crippen LogP contribution in [0.2, 0.25) is 0 Å². The third kappa shape index (κ3) is 2.53. The van der Waals surface area contributed by atoms with Gasteiger partial charge in [0.05, 0.1) is 25.1 Å². The second kappa shape index (κ2) is 5.63. The maximum absolute atomic E-state index is 12.3. The summed E-state index contributed by atoms with van der Waals surface area (Å²) >= 11 is 0. The van der Waals surface area contributed by atoms with Crippen LogP contribution in [-0.4, -0.2) is 23.4 Å². The second-order valence-electron chi connectivity index (χ2n) is 5.38. The van der Waals surface area contributed by atoms with E-state index in [2.05, 4.69) is 0 Å². The van der Waals surface area contributed by atoms with Crippen molar-refractivity contribution in [2.24, 2.45) is 13.0 Å². The fraction of sp³-hybridized carbons (Fsp3) is 0.467. The number of nitrogens with zero attached hydrogens (tertiary/aromatic N) is 2. The highest BCUT2D eigenvalue weighted by molar-refractivity contribution is 5.82. The maximum Gasteiger partial charge on any atom is 0.331 e. The minimum atomic E-state index is -0.337. The zero-order chi connectivity index (χ0) is 15.7. The van der Waals surface area contributed by atoms with Gasteiger partial charge in [-0.2, -0.15) is 0 Å². The number of rotatable bonds is 4. The van der Waals surface area contributed by atoms with E-state index in [1.54, 1.807) is 16.7 Å². The molecule has 0 saturated heterocycles. The molecule has 1 heterocycles. The predicted molar refractivity (Wildman–Crippen MR) is 81.4 cm³/mol. The molecule has 6 heteroatoms. The predicted octanol–water partition coefficient (Wildman–Crippen LogP) is 1.37. The molecular weight excluding hydrogens is 272 g/mol. The molecule has 21 heavy (non-hydrogen) atoms. The summed E-state index contributed by atoms with van der Waals surface area (Å²) in [7, 11) is 4.52. The van der Waals surface area contributed by atoms with Crippen LogP contribution < -0.4 is 20.7 Å². The van der Waals surface area contributed by atoms with Crippen LogP contribution in [0.15, 0.2) is 21.7 Å². The van der Waals surface area contributed by atoms with Crippen LogP contribution in [0.3, 0.4) is 0 Å². The van der Waals surface area contributed by atoms with E-state index in [4.69, 9.17) is 9.47 Å². The topological polar surface area (TPSA) is 62.5 Å². The average Bonchev–Trinajstić information content (AvgIpc) is 2.47. The van der Waals surface area contributed by atoms with Gasteiger partial charge in [0.15, 0.2) is 11.5 Å². The van der Waals surface area contributed by atoms with E-state index in [0.29, 0.717) is 28.9 Å². The van der Waals surface area contributed by atoms with Crippen LogP contribution in [0.4, 0.5) is 0 Å². The van der Waals surface area contributed by atoms with Crippen LogP contribution in [0, 0.1) is 5.92 Å². The smallest absolute Gasteiger partial charge is 0.331 e. The van der Waals surface area contributed by atoms with Gasteiger partial charge in [-0.1, -0.05) is 13.8 Å². The summed E-state index contributed by atoms with van der Waals surface area (Å²) < 4.78 is 13.2. The average molecular weight is 292 g/mol. The van der Waals surface area contributed by atoms with E-state index in [1.165, 1.54) is 21.3 Å². The highest BCUT2D eigenvalue weighted by Gasteiger charge is 2.15. The molecule has 0 N–H and O–H groups in total. The summed E-state index contributed by atoms with van der Waals surface area (Å²) in [5.41, 5.74) is -0.0983. The summed E-state index contributed by atoms with van der Waals surface area (Å²) in [5.74, 6) is 1.24. The Morgan fingerprint density at radius 1 is 1.10 bits per heavy atom. The van der Waals surface area contributed by atoms with Gasteiger partial charge in [0, 0.05) is 19.7 Å². The number of ether oxygens (including phenoxy) is 2. The first-order valence-corrected chi connectivity index (χ1v) is 6.76. The highest BCUT2D eigenvalue weighted by atomic mass is 16.5. The lowest BCUT2D eigenvalue weighted by atomic mass is 10.1. The van der Waals surface area contributed by atoms with Gasteiger partial charge < -0.3 is 9.47 Å². The number of fused-ring (bicyclic) bond motifs is 1. The first-order valence-electron chi connectivity index (χ1n) is 6.76. The highest BCUT2D eigenvalue weighted by Crippen LogP contribution is 2.30. The first kappa shape index (κ1) is 15.2. The molecule has 0 radical (unpaired) electrons. The van der Waals surface area contributed by atoms with Gasteiger partial charge in [-0.05, 0) is 12.0 Å². The van der Waals surface area contributed by atoms with Gasteiger partial charge in [0.25, 0.3) is 5.56 Å². The minimum absolute atomic E-state index is 0.275. The molecule has 2 rings (SSSR count). The summed E-state index contributed by atoms with van der Waals surface area (Å²) in [5, 5.41) is 0.440. The van der Waals surface area contributed by atoms with Gasteiger partial charge in [-0.25, -0.2) is 4.79 Å². The van der Waals surface area contributed by atoms with Gasteiger partial charge in [0.2, 0.25) is 0 Å². The second-order valence-corrected chi connectivity index (χ2v) is 5.38. The van der Waals surface area contributed by atoms with Crippen molar-refractivity contribution in [1.82, 2.24) is 9.13 Å². The molecule has 0 aliphatic carbocycles. The van der Waals surface area contributed by atoms with Crippen molar-refractivity contribution in [1.29, 1.82) is 0 Å². The number of hydrogen-bond acceptors (Lipinski definition) is 4. The molecule has 6 nitrogen and oxygen atoms in total. The molecule has 0 spiro atoms. The van der Waals surface area contributed by atoms with E-state index in [-0.39, 0.29) is 17.2 Å². The molecule has 0 fully saturated rings. The summed E-state index contributed by atoms with van der Waals surface area (Å²) in [6, 6.07) is 3.30. The SMILES string of the molecule is COc1cc2c(=O)n(C)c(=O)n(CC(C)C)c2cc1OC. The van der Waals surface area contributed by atoms with E-state index < -0.39 is 0 Å². The van der Waals surface area contributed by atoms with Crippen LogP contribution >= 0.6 is 0 Å². The van der Waals surface area contributed by atoms with E-state index in [9.17, 15) is 9.59 Å². The van der Waals surface area contributed by atoms with Crippen LogP contribution in [0.25, 0.3) is 10.9 Å². The van der Waals surface area contributed by atoms with Gasteiger partial charge in [-0.3, -0.25) is 13.9 Å².